The third-order valence-electron chi connectivity index (χ3n) is 4.02. The van der Waals surface area contributed by atoms with Crippen LogP contribution in [-0.2, 0) is 0 Å². The molecule has 0 N–H and O–H groups in total. The molecule has 3 atom stereocenters. The van der Waals surface area contributed by atoms with Crippen molar-refractivity contribution in [2.75, 3.05) is 0 Å². The Balaban J connectivity index is 4.04. The molecule has 92 valence electrons. The van der Waals surface area contributed by atoms with Crippen LogP contribution in [0.25, 0.3) is 0 Å². The van der Waals surface area contributed by atoms with Gasteiger partial charge in [0.05, 0.1) is 0 Å². The van der Waals surface area contributed by atoms with E-state index in [-0.39, 0.29) is 0 Å². The summed E-state index contributed by atoms with van der Waals surface area (Å²) >= 11 is 0. The second-order valence-electron chi connectivity index (χ2n) is 5.76. The highest BCUT2D eigenvalue weighted by Gasteiger charge is 2.20. The van der Waals surface area contributed by atoms with Crippen molar-refractivity contribution in [1.29, 1.82) is 0 Å². The summed E-state index contributed by atoms with van der Waals surface area (Å²) in [4.78, 5) is 0. The van der Waals surface area contributed by atoms with E-state index in [1.165, 1.54) is 32.1 Å². The van der Waals surface area contributed by atoms with Crippen molar-refractivity contribution in [1.82, 2.24) is 0 Å². The lowest BCUT2D eigenvalue weighted by atomic mass is 9.78. The monoisotopic (exact) mass is 212 g/mol. The first-order valence-corrected chi connectivity index (χ1v) is 7.02. The molecule has 0 aromatic rings. The van der Waals surface area contributed by atoms with Gasteiger partial charge in [-0.15, -0.1) is 0 Å². The molecule has 0 aliphatic carbocycles. The van der Waals surface area contributed by atoms with E-state index in [1.54, 1.807) is 0 Å². The summed E-state index contributed by atoms with van der Waals surface area (Å²) in [6.07, 6.45) is 6.95. The zero-order chi connectivity index (χ0) is 11.8. The molecule has 0 aliphatic heterocycles. The molecule has 0 radical (unpaired) electrons. The summed E-state index contributed by atoms with van der Waals surface area (Å²) in [5, 5.41) is 0. The van der Waals surface area contributed by atoms with Crippen molar-refractivity contribution in [3.05, 3.63) is 0 Å². The van der Waals surface area contributed by atoms with E-state index in [0.717, 1.165) is 23.7 Å². The molecule has 0 nitrogen and oxygen atoms in total. The lowest BCUT2D eigenvalue weighted by Gasteiger charge is -2.28. The minimum atomic E-state index is 0.857. The second kappa shape index (κ2) is 8.19. The molecule has 0 saturated heterocycles. The van der Waals surface area contributed by atoms with Gasteiger partial charge in [0.25, 0.3) is 0 Å². The predicted molar refractivity (Wildman–Crippen MR) is 71.1 cm³/mol. The van der Waals surface area contributed by atoms with Gasteiger partial charge in [0.1, 0.15) is 0 Å². The van der Waals surface area contributed by atoms with Crippen LogP contribution in [0.15, 0.2) is 0 Å². The smallest absolute Gasteiger partial charge is 0.0365 e. The first kappa shape index (κ1) is 15.0. The van der Waals surface area contributed by atoms with E-state index in [2.05, 4.69) is 41.5 Å². The molecule has 0 fully saturated rings. The topological polar surface area (TPSA) is 0 Å². The summed E-state index contributed by atoms with van der Waals surface area (Å²) in [7, 11) is 0. The molecular formula is C15H32. The van der Waals surface area contributed by atoms with Gasteiger partial charge in [-0.3, -0.25) is 0 Å². The average molecular weight is 212 g/mol. The molecule has 0 spiro atoms. The Morgan fingerprint density at radius 3 is 1.80 bits per heavy atom. The van der Waals surface area contributed by atoms with Crippen molar-refractivity contribution in [3.8, 4) is 0 Å². The second-order valence-corrected chi connectivity index (χ2v) is 5.76. The van der Waals surface area contributed by atoms with Crippen LogP contribution in [0.2, 0.25) is 0 Å². The number of hydrogen-bond donors (Lipinski definition) is 0. The quantitative estimate of drug-likeness (QED) is 0.497. The standard InChI is InChI=1S/C15H32/c1-7-9-14(6)15(12(3)4)11-10-13(5)8-2/h12-15H,7-11H2,1-6H3. The minimum absolute atomic E-state index is 0.857. The first-order valence-electron chi connectivity index (χ1n) is 7.02. The van der Waals surface area contributed by atoms with Gasteiger partial charge >= 0.3 is 0 Å². The third-order valence-corrected chi connectivity index (χ3v) is 4.02. The highest BCUT2D eigenvalue weighted by Crippen LogP contribution is 2.30. The summed E-state index contributed by atoms with van der Waals surface area (Å²) in [6, 6.07) is 0. The van der Waals surface area contributed by atoms with Crippen molar-refractivity contribution < 1.29 is 0 Å². The Hall–Kier alpha value is 0. The highest BCUT2D eigenvalue weighted by atomic mass is 14.3. The van der Waals surface area contributed by atoms with Crippen LogP contribution in [-0.4, -0.2) is 0 Å². The third kappa shape index (κ3) is 6.22. The maximum Gasteiger partial charge on any atom is -0.0365 e. The first-order chi connectivity index (χ1) is 7.02. The maximum atomic E-state index is 2.45. The highest BCUT2D eigenvalue weighted by molar-refractivity contribution is 4.70. The van der Waals surface area contributed by atoms with Gasteiger partial charge in [0.2, 0.25) is 0 Å². The molecule has 0 saturated carbocycles. The molecular weight excluding hydrogens is 180 g/mol. The van der Waals surface area contributed by atoms with Crippen molar-refractivity contribution in [2.45, 2.75) is 73.6 Å². The fraction of sp³-hybridized carbons (Fsp3) is 1.00. The summed E-state index contributed by atoms with van der Waals surface area (Å²) in [5.74, 6) is 3.63. The van der Waals surface area contributed by atoms with Crippen molar-refractivity contribution in [3.63, 3.8) is 0 Å². The van der Waals surface area contributed by atoms with Gasteiger partial charge in [0, 0.05) is 0 Å². The van der Waals surface area contributed by atoms with Gasteiger partial charge in [-0.05, 0) is 30.1 Å². The molecule has 0 bridgehead atoms. The van der Waals surface area contributed by atoms with E-state index in [0.29, 0.717) is 0 Å². The molecule has 0 aromatic carbocycles. The Morgan fingerprint density at radius 1 is 0.800 bits per heavy atom. The minimum Gasteiger partial charge on any atom is -0.0654 e. The summed E-state index contributed by atoms with van der Waals surface area (Å²) in [5.41, 5.74) is 0. The van der Waals surface area contributed by atoms with E-state index in [1.807, 2.05) is 0 Å². The van der Waals surface area contributed by atoms with Crippen LogP contribution < -0.4 is 0 Å². The largest absolute Gasteiger partial charge is 0.0654 e. The van der Waals surface area contributed by atoms with Crippen LogP contribution in [0.3, 0.4) is 0 Å². The molecule has 15 heavy (non-hydrogen) atoms. The normalized spacial score (nSPS) is 17.8. The fourth-order valence-electron chi connectivity index (χ4n) is 2.63. The Morgan fingerprint density at radius 2 is 1.40 bits per heavy atom. The van der Waals surface area contributed by atoms with Crippen molar-refractivity contribution >= 4 is 0 Å². The van der Waals surface area contributed by atoms with E-state index < -0.39 is 0 Å². The summed E-state index contributed by atoms with van der Waals surface area (Å²) in [6.45, 7) is 14.3. The molecule has 0 heteroatoms. The zero-order valence-electron chi connectivity index (χ0n) is 11.8. The van der Waals surface area contributed by atoms with Crippen LogP contribution in [0.1, 0.15) is 73.6 Å². The van der Waals surface area contributed by atoms with Gasteiger partial charge in [0.15, 0.2) is 0 Å². The molecule has 0 rings (SSSR count). The van der Waals surface area contributed by atoms with Crippen LogP contribution in [0.4, 0.5) is 0 Å². The van der Waals surface area contributed by atoms with E-state index in [4.69, 9.17) is 0 Å². The lowest BCUT2D eigenvalue weighted by molar-refractivity contribution is 0.224. The van der Waals surface area contributed by atoms with Crippen LogP contribution >= 0.6 is 0 Å². The number of hydrogen-bond acceptors (Lipinski definition) is 0. The predicted octanol–water partition coefficient (Wildman–Crippen LogP) is 5.52. The lowest BCUT2D eigenvalue weighted by Crippen LogP contribution is -2.18. The Labute approximate surface area is 97.8 Å². The average Bonchev–Trinajstić information content (AvgIpc) is 2.17. The fourth-order valence-corrected chi connectivity index (χ4v) is 2.63. The van der Waals surface area contributed by atoms with Crippen LogP contribution in [0, 0.1) is 23.7 Å². The Kier molecular flexibility index (Phi) is 8.19. The number of rotatable bonds is 8. The molecule has 0 heterocycles. The van der Waals surface area contributed by atoms with Crippen LogP contribution in [0.5, 0.6) is 0 Å². The van der Waals surface area contributed by atoms with Gasteiger partial charge in [-0.1, -0.05) is 67.2 Å². The summed E-state index contributed by atoms with van der Waals surface area (Å²) < 4.78 is 0. The molecule has 0 aliphatic rings. The van der Waals surface area contributed by atoms with Crippen molar-refractivity contribution in [2.24, 2.45) is 23.7 Å². The van der Waals surface area contributed by atoms with Gasteiger partial charge < -0.3 is 0 Å². The molecule has 0 aromatic heterocycles. The zero-order valence-corrected chi connectivity index (χ0v) is 11.8. The molecule has 3 unspecified atom stereocenters. The Bertz CT molecular complexity index is 137. The van der Waals surface area contributed by atoms with Gasteiger partial charge in [-0.25, -0.2) is 0 Å². The van der Waals surface area contributed by atoms with E-state index >= 15 is 0 Å². The SMILES string of the molecule is CCCC(C)C(CCC(C)CC)C(C)C. The van der Waals surface area contributed by atoms with Gasteiger partial charge in [-0.2, -0.15) is 0 Å². The molecule has 0 amide bonds. The van der Waals surface area contributed by atoms with E-state index in [9.17, 15) is 0 Å². The maximum absolute atomic E-state index is 2.45.